The average molecular weight is 218 g/mol. The Morgan fingerprint density at radius 3 is 2.50 bits per heavy atom. The van der Waals surface area contributed by atoms with Gasteiger partial charge in [0, 0.05) is 37.7 Å². The molecule has 0 saturated carbocycles. The number of hydrogen-bond acceptors (Lipinski definition) is 1. The van der Waals surface area contributed by atoms with E-state index in [0.717, 1.165) is 17.0 Å². The van der Waals surface area contributed by atoms with Gasteiger partial charge in [0.25, 0.3) is 0 Å². The fourth-order valence-corrected chi connectivity index (χ4v) is 1.85. The van der Waals surface area contributed by atoms with E-state index in [4.69, 9.17) is 5.11 Å². The summed E-state index contributed by atoms with van der Waals surface area (Å²) in [5.41, 5.74) is 3.09. The molecule has 0 radical (unpaired) electrons. The summed E-state index contributed by atoms with van der Waals surface area (Å²) in [6.07, 6.45) is 3.92. The highest BCUT2D eigenvalue weighted by molar-refractivity contribution is 5.91. The lowest BCUT2D eigenvalue weighted by atomic mass is 10.2. The van der Waals surface area contributed by atoms with Crippen molar-refractivity contribution in [3.8, 4) is 11.3 Å². The van der Waals surface area contributed by atoms with Crippen molar-refractivity contribution in [3.05, 3.63) is 35.8 Å². The first-order chi connectivity index (χ1) is 7.50. The van der Waals surface area contributed by atoms with E-state index in [1.807, 2.05) is 48.6 Å². The van der Waals surface area contributed by atoms with E-state index in [-0.39, 0.29) is 0 Å². The van der Waals surface area contributed by atoms with Gasteiger partial charge in [-0.05, 0) is 19.1 Å². The zero-order chi connectivity index (χ0) is 11.9. The Hall–Kier alpha value is -1.97. The van der Waals surface area contributed by atoms with Crippen LogP contribution in [-0.4, -0.2) is 20.2 Å². The highest BCUT2D eigenvalue weighted by atomic mass is 16.4. The Labute approximate surface area is 93.7 Å². The molecule has 0 unspecified atom stereocenters. The largest absolute Gasteiger partial charge is 0.478 e. The second-order valence-corrected chi connectivity index (χ2v) is 3.96. The van der Waals surface area contributed by atoms with Crippen molar-refractivity contribution in [2.24, 2.45) is 14.1 Å². The van der Waals surface area contributed by atoms with Crippen LogP contribution >= 0.6 is 0 Å². The van der Waals surface area contributed by atoms with Crippen LogP contribution in [0.25, 0.3) is 11.3 Å². The topological polar surface area (TPSA) is 47.2 Å². The SMILES string of the molecule is Cc1c(C(=O)O)cc(-c2ccn(C)c2)n1C. The Morgan fingerprint density at radius 2 is 2.06 bits per heavy atom. The molecule has 2 aromatic rings. The van der Waals surface area contributed by atoms with Crippen LogP contribution in [0.1, 0.15) is 16.1 Å². The number of aryl methyl sites for hydroxylation is 1. The van der Waals surface area contributed by atoms with E-state index in [1.54, 1.807) is 6.07 Å². The molecule has 0 aromatic carbocycles. The maximum absolute atomic E-state index is 11.0. The minimum Gasteiger partial charge on any atom is -0.478 e. The fraction of sp³-hybridized carbons (Fsp3) is 0.250. The molecule has 4 nitrogen and oxygen atoms in total. The molecule has 0 saturated heterocycles. The summed E-state index contributed by atoms with van der Waals surface area (Å²) in [6.45, 7) is 1.82. The quantitative estimate of drug-likeness (QED) is 0.838. The number of carboxylic acids is 1. The summed E-state index contributed by atoms with van der Waals surface area (Å²) in [5, 5.41) is 9.04. The molecule has 0 fully saturated rings. The van der Waals surface area contributed by atoms with Crippen LogP contribution in [0, 0.1) is 6.92 Å². The highest BCUT2D eigenvalue weighted by Gasteiger charge is 2.15. The number of carboxylic acid groups (broad SMARTS) is 1. The van der Waals surface area contributed by atoms with Gasteiger partial charge in [0.05, 0.1) is 11.3 Å². The van der Waals surface area contributed by atoms with Gasteiger partial charge in [0.1, 0.15) is 0 Å². The van der Waals surface area contributed by atoms with Crippen LogP contribution < -0.4 is 0 Å². The van der Waals surface area contributed by atoms with Gasteiger partial charge >= 0.3 is 5.97 Å². The van der Waals surface area contributed by atoms with Crippen LogP contribution in [0.5, 0.6) is 0 Å². The molecule has 0 atom stereocenters. The maximum Gasteiger partial charge on any atom is 0.337 e. The van der Waals surface area contributed by atoms with Crippen molar-refractivity contribution in [1.29, 1.82) is 0 Å². The first-order valence-electron chi connectivity index (χ1n) is 5.02. The number of hydrogen-bond donors (Lipinski definition) is 1. The molecule has 2 heterocycles. The summed E-state index contributed by atoms with van der Waals surface area (Å²) in [5.74, 6) is -0.879. The predicted octanol–water partition coefficient (Wildman–Crippen LogP) is 2.04. The molecular formula is C12H14N2O2. The lowest BCUT2D eigenvalue weighted by Crippen LogP contribution is -1.99. The molecule has 0 bridgehead atoms. The van der Waals surface area contributed by atoms with Gasteiger partial charge in [0.2, 0.25) is 0 Å². The second kappa shape index (κ2) is 3.56. The van der Waals surface area contributed by atoms with Gasteiger partial charge < -0.3 is 14.2 Å². The molecule has 0 aliphatic heterocycles. The van der Waals surface area contributed by atoms with Gasteiger partial charge in [-0.15, -0.1) is 0 Å². The van der Waals surface area contributed by atoms with E-state index in [9.17, 15) is 4.79 Å². The Balaban J connectivity index is 2.58. The minimum absolute atomic E-state index is 0.362. The van der Waals surface area contributed by atoms with E-state index in [0.29, 0.717) is 5.56 Å². The molecule has 1 N–H and O–H groups in total. The molecular weight excluding hydrogens is 204 g/mol. The molecule has 0 amide bonds. The molecule has 2 aromatic heterocycles. The normalized spacial score (nSPS) is 10.7. The van der Waals surface area contributed by atoms with Gasteiger partial charge in [-0.1, -0.05) is 0 Å². The lowest BCUT2D eigenvalue weighted by Gasteiger charge is -2.02. The first-order valence-corrected chi connectivity index (χ1v) is 5.02. The van der Waals surface area contributed by atoms with E-state index >= 15 is 0 Å². The number of nitrogens with zero attached hydrogens (tertiary/aromatic N) is 2. The van der Waals surface area contributed by atoms with Crippen LogP contribution in [0.4, 0.5) is 0 Å². The van der Waals surface area contributed by atoms with Gasteiger partial charge in [0.15, 0.2) is 0 Å². The first kappa shape index (κ1) is 10.5. The molecule has 0 aliphatic rings. The Bertz CT molecular complexity index is 549. The van der Waals surface area contributed by atoms with Crippen molar-refractivity contribution in [3.63, 3.8) is 0 Å². The minimum atomic E-state index is -0.879. The fourth-order valence-electron chi connectivity index (χ4n) is 1.85. The molecule has 4 heteroatoms. The summed E-state index contributed by atoms with van der Waals surface area (Å²) >= 11 is 0. The number of rotatable bonds is 2. The highest BCUT2D eigenvalue weighted by Crippen LogP contribution is 2.24. The van der Waals surface area contributed by atoms with E-state index in [1.165, 1.54) is 0 Å². The van der Waals surface area contributed by atoms with Crippen molar-refractivity contribution in [1.82, 2.24) is 9.13 Å². The summed E-state index contributed by atoms with van der Waals surface area (Å²) in [6, 6.07) is 3.69. The number of aromatic carboxylic acids is 1. The van der Waals surface area contributed by atoms with E-state index in [2.05, 4.69) is 0 Å². The third kappa shape index (κ3) is 1.52. The smallest absolute Gasteiger partial charge is 0.337 e. The van der Waals surface area contributed by atoms with Crippen LogP contribution in [-0.2, 0) is 14.1 Å². The Morgan fingerprint density at radius 1 is 1.38 bits per heavy atom. The summed E-state index contributed by atoms with van der Waals surface area (Å²) in [7, 11) is 3.82. The molecule has 84 valence electrons. The maximum atomic E-state index is 11.0. The van der Waals surface area contributed by atoms with E-state index < -0.39 is 5.97 Å². The third-order valence-electron chi connectivity index (χ3n) is 2.89. The predicted molar refractivity (Wildman–Crippen MR) is 61.5 cm³/mol. The molecule has 2 rings (SSSR count). The second-order valence-electron chi connectivity index (χ2n) is 3.96. The summed E-state index contributed by atoms with van der Waals surface area (Å²) in [4.78, 5) is 11.0. The molecule has 0 spiro atoms. The van der Waals surface area contributed by atoms with Crippen molar-refractivity contribution >= 4 is 5.97 Å². The third-order valence-corrected chi connectivity index (χ3v) is 2.89. The average Bonchev–Trinajstić information content (AvgIpc) is 2.74. The lowest BCUT2D eigenvalue weighted by molar-refractivity contribution is 0.0696. The number of carbonyl (C=O) groups is 1. The zero-order valence-electron chi connectivity index (χ0n) is 9.56. The van der Waals surface area contributed by atoms with Crippen molar-refractivity contribution in [2.45, 2.75) is 6.92 Å². The molecule has 16 heavy (non-hydrogen) atoms. The van der Waals surface area contributed by atoms with Crippen LogP contribution in [0.2, 0.25) is 0 Å². The molecule has 0 aliphatic carbocycles. The number of aromatic nitrogens is 2. The van der Waals surface area contributed by atoms with Crippen LogP contribution in [0.15, 0.2) is 24.5 Å². The monoisotopic (exact) mass is 218 g/mol. The van der Waals surface area contributed by atoms with Crippen LogP contribution in [0.3, 0.4) is 0 Å². The van der Waals surface area contributed by atoms with Crippen molar-refractivity contribution in [2.75, 3.05) is 0 Å². The van der Waals surface area contributed by atoms with Crippen molar-refractivity contribution < 1.29 is 9.90 Å². The Kier molecular flexibility index (Phi) is 2.34. The zero-order valence-corrected chi connectivity index (χ0v) is 9.56. The van der Waals surface area contributed by atoms with Gasteiger partial charge in [-0.2, -0.15) is 0 Å². The standard InChI is InChI=1S/C12H14N2O2/c1-8-10(12(15)16)6-11(14(8)3)9-4-5-13(2)7-9/h4-7H,1-3H3,(H,15,16). The van der Waals surface area contributed by atoms with Gasteiger partial charge in [-0.25, -0.2) is 4.79 Å². The van der Waals surface area contributed by atoms with Gasteiger partial charge in [-0.3, -0.25) is 0 Å². The summed E-state index contributed by atoms with van der Waals surface area (Å²) < 4.78 is 3.84.